The molecule has 7 heteroatoms. The molecule has 0 N–H and O–H groups in total. The van der Waals surface area contributed by atoms with E-state index >= 15 is 0 Å². The SMILES string of the molecule is O=C(Cc1cccc(C(F)(F)F)c1)N1CCC(CCn2cccn2)CC1. The van der Waals surface area contributed by atoms with Crippen LogP contribution in [0.5, 0.6) is 0 Å². The van der Waals surface area contributed by atoms with Crippen molar-refractivity contribution in [2.45, 2.75) is 38.4 Å². The van der Waals surface area contributed by atoms with Crippen LogP contribution in [0.3, 0.4) is 0 Å². The minimum atomic E-state index is -4.38. The number of hydrogen-bond donors (Lipinski definition) is 0. The Kier molecular flexibility index (Phi) is 5.64. The highest BCUT2D eigenvalue weighted by molar-refractivity contribution is 5.78. The van der Waals surface area contributed by atoms with Crippen LogP contribution < -0.4 is 0 Å². The molecule has 0 aliphatic carbocycles. The second-order valence-electron chi connectivity index (χ2n) is 6.76. The van der Waals surface area contributed by atoms with Crippen LogP contribution in [0.25, 0.3) is 0 Å². The van der Waals surface area contributed by atoms with E-state index in [1.54, 1.807) is 17.2 Å². The first kappa shape index (κ1) is 18.5. The van der Waals surface area contributed by atoms with Gasteiger partial charge in [-0.25, -0.2) is 0 Å². The fourth-order valence-electron chi connectivity index (χ4n) is 3.36. The van der Waals surface area contributed by atoms with Gasteiger partial charge in [0.25, 0.3) is 0 Å². The third-order valence-electron chi connectivity index (χ3n) is 4.90. The zero-order valence-electron chi connectivity index (χ0n) is 14.5. The van der Waals surface area contributed by atoms with Crippen LogP contribution in [-0.4, -0.2) is 33.7 Å². The molecule has 1 aliphatic rings. The molecule has 1 fully saturated rings. The molecule has 1 amide bonds. The van der Waals surface area contributed by atoms with Gasteiger partial charge in [0.2, 0.25) is 5.91 Å². The van der Waals surface area contributed by atoms with Gasteiger partial charge in [-0.05, 0) is 42.9 Å². The van der Waals surface area contributed by atoms with E-state index in [4.69, 9.17) is 0 Å². The summed E-state index contributed by atoms with van der Waals surface area (Å²) < 4.78 is 40.2. The molecule has 2 heterocycles. The monoisotopic (exact) mass is 365 g/mol. The van der Waals surface area contributed by atoms with Crippen LogP contribution in [0.2, 0.25) is 0 Å². The topological polar surface area (TPSA) is 38.1 Å². The molecular formula is C19H22F3N3O. The molecule has 140 valence electrons. The summed E-state index contributed by atoms with van der Waals surface area (Å²) in [5.74, 6) is 0.451. The number of hydrogen-bond acceptors (Lipinski definition) is 2. The van der Waals surface area contributed by atoms with Gasteiger partial charge in [0, 0.05) is 32.0 Å². The highest BCUT2D eigenvalue weighted by atomic mass is 19.4. The second-order valence-corrected chi connectivity index (χ2v) is 6.76. The van der Waals surface area contributed by atoms with Crippen molar-refractivity contribution in [3.63, 3.8) is 0 Å². The number of benzene rings is 1. The van der Waals surface area contributed by atoms with Gasteiger partial charge >= 0.3 is 6.18 Å². The first-order valence-electron chi connectivity index (χ1n) is 8.83. The normalized spacial score (nSPS) is 16.0. The van der Waals surface area contributed by atoms with Crippen molar-refractivity contribution in [1.82, 2.24) is 14.7 Å². The van der Waals surface area contributed by atoms with Crippen LogP contribution in [0.15, 0.2) is 42.7 Å². The maximum absolute atomic E-state index is 12.8. The number of aromatic nitrogens is 2. The number of carbonyl (C=O) groups is 1. The lowest BCUT2D eigenvalue weighted by Gasteiger charge is -2.32. The van der Waals surface area contributed by atoms with Crippen molar-refractivity contribution in [3.05, 3.63) is 53.9 Å². The second kappa shape index (κ2) is 7.93. The molecule has 1 aliphatic heterocycles. The van der Waals surface area contributed by atoms with E-state index < -0.39 is 11.7 Å². The average Bonchev–Trinajstić information content (AvgIpc) is 3.13. The molecule has 0 bridgehead atoms. The van der Waals surface area contributed by atoms with Gasteiger partial charge in [0.1, 0.15) is 0 Å². The molecule has 0 atom stereocenters. The predicted octanol–water partition coefficient (Wildman–Crippen LogP) is 3.77. The minimum absolute atomic E-state index is 0.0157. The largest absolute Gasteiger partial charge is 0.416 e. The first-order chi connectivity index (χ1) is 12.4. The number of nitrogens with zero attached hydrogens (tertiary/aromatic N) is 3. The lowest BCUT2D eigenvalue weighted by molar-refractivity contribution is -0.138. The van der Waals surface area contributed by atoms with E-state index in [1.807, 2.05) is 16.9 Å². The number of piperidine rings is 1. The van der Waals surface area contributed by atoms with Crippen molar-refractivity contribution in [3.8, 4) is 0 Å². The molecule has 1 aromatic carbocycles. The molecule has 1 aromatic heterocycles. The van der Waals surface area contributed by atoms with Crippen molar-refractivity contribution < 1.29 is 18.0 Å². The third kappa shape index (κ3) is 4.86. The van der Waals surface area contributed by atoms with Crippen molar-refractivity contribution in [2.75, 3.05) is 13.1 Å². The fourth-order valence-corrected chi connectivity index (χ4v) is 3.36. The highest BCUT2D eigenvalue weighted by Gasteiger charge is 2.30. The van der Waals surface area contributed by atoms with Crippen molar-refractivity contribution in [2.24, 2.45) is 5.92 Å². The van der Waals surface area contributed by atoms with Gasteiger partial charge in [-0.15, -0.1) is 0 Å². The molecule has 0 saturated carbocycles. The number of carbonyl (C=O) groups excluding carboxylic acids is 1. The van der Waals surface area contributed by atoms with E-state index in [2.05, 4.69) is 5.10 Å². The number of rotatable bonds is 5. The molecule has 0 radical (unpaired) electrons. The first-order valence-corrected chi connectivity index (χ1v) is 8.83. The lowest BCUT2D eigenvalue weighted by Crippen LogP contribution is -2.39. The van der Waals surface area contributed by atoms with E-state index in [1.165, 1.54) is 6.07 Å². The van der Waals surface area contributed by atoms with E-state index in [0.29, 0.717) is 24.6 Å². The molecule has 4 nitrogen and oxygen atoms in total. The number of amides is 1. The number of halogens is 3. The number of likely N-dealkylation sites (tertiary alicyclic amines) is 1. The van der Waals surface area contributed by atoms with Gasteiger partial charge in [-0.3, -0.25) is 9.48 Å². The maximum Gasteiger partial charge on any atom is 0.416 e. The Labute approximate surface area is 150 Å². The van der Waals surface area contributed by atoms with Crippen LogP contribution in [-0.2, 0) is 23.9 Å². The third-order valence-corrected chi connectivity index (χ3v) is 4.90. The number of alkyl halides is 3. The van der Waals surface area contributed by atoms with E-state index in [9.17, 15) is 18.0 Å². The smallest absolute Gasteiger partial charge is 0.342 e. The minimum Gasteiger partial charge on any atom is -0.342 e. The van der Waals surface area contributed by atoms with Crippen LogP contribution in [0, 0.1) is 5.92 Å². The average molecular weight is 365 g/mol. The van der Waals surface area contributed by atoms with Gasteiger partial charge in [-0.1, -0.05) is 18.2 Å². The zero-order valence-corrected chi connectivity index (χ0v) is 14.5. The Morgan fingerprint density at radius 1 is 1.19 bits per heavy atom. The standard InChI is InChI=1S/C19H22F3N3O/c20-19(21,22)17-4-1-3-16(13-17)14-18(26)24-10-5-15(6-11-24)7-12-25-9-2-8-23-25/h1-4,8-9,13,15H,5-7,10-12,14H2. The quantitative estimate of drug-likeness (QED) is 0.809. The van der Waals surface area contributed by atoms with E-state index in [0.717, 1.165) is 37.9 Å². The molecule has 26 heavy (non-hydrogen) atoms. The zero-order chi connectivity index (χ0) is 18.6. The summed E-state index contributed by atoms with van der Waals surface area (Å²) in [4.78, 5) is 14.2. The lowest BCUT2D eigenvalue weighted by atomic mass is 9.93. The van der Waals surface area contributed by atoms with Crippen molar-refractivity contribution in [1.29, 1.82) is 0 Å². The summed E-state index contributed by atoms with van der Waals surface area (Å²) in [6.07, 6.45) is 2.21. The molecule has 3 rings (SSSR count). The summed E-state index contributed by atoms with van der Waals surface area (Å²) in [5.41, 5.74) is -0.300. The van der Waals surface area contributed by atoms with Crippen LogP contribution in [0.1, 0.15) is 30.4 Å². The molecular weight excluding hydrogens is 343 g/mol. The summed E-state index contributed by atoms with van der Waals surface area (Å²) in [5, 5.41) is 4.19. The summed E-state index contributed by atoms with van der Waals surface area (Å²) >= 11 is 0. The Morgan fingerprint density at radius 2 is 1.96 bits per heavy atom. The molecule has 2 aromatic rings. The van der Waals surface area contributed by atoms with Crippen molar-refractivity contribution >= 4 is 5.91 Å². The summed E-state index contributed by atoms with van der Waals surface area (Å²) in [7, 11) is 0. The highest BCUT2D eigenvalue weighted by Crippen LogP contribution is 2.30. The van der Waals surface area contributed by atoms with Crippen LogP contribution >= 0.6 is 0 Å². The summed E-state index contributed by atoms with van der Waals surface area (Å²) in [6.45, 7) is 2.21. The van der Waals surface area contributed by atoms with Gasteiger partial charge in [0.05, 0.1) is 12.0 Å². The van der Waals surface area contributed by atoms with Gasteiger partial charge in [-0.2, -0.15) is 18.3 Å². The Balaban J connectivity index is 1.48. The molecule has 0 spiro atoms. The Hall–Kier alpha value is -2.31. The van der Waals surface area contributed by atoms with E-state index in [-0.39, 0.29) is 12.3 Å². The molecule has 1 saturated heterocycles. The maximum atomic E-state index is 12.8. The van der Waals surface area contributed by atoms with Gasteiger partial charge < -0.3 is 4.90 Å². The Morgan fingerprint density at radius 3 is 2.62 bits per heavy atom. The van der Waals surface area contributed by atoms with Gasteiger partial charge in [0.15, 0.2) is 0 Å². The fraction of sp³-hybridized carbons (Fsp3) is 0.474. The molecule has 0 unspecified atom stereocenters. The summed E-state index contributed by atoms with van der Waals surface area (Å²) in [6, 6.07) is 6.92. The Bertz CT molecular complexity index is 720. The predicted molar refractivity (Wildman–Crippen MR) is 91.3 cm³/mol. The number of aryl methyl sites for hydroxylation is 1. The van der Waals surface area contributed by atoms with Crippen LogP contribution in [0.4, 0.5) is 13.2 Å².